The number of aliphatic imine (C=N–C) groups is 1. The maximum atomic E-state index is 12.9. The Labute approximate surface area is 202 Å². The number of hydrazine groups is 1. The van der Waals surface area contributed by atoms with Crippen LogP contribution in [-0.2, 0) is 9.59 Å². The highest BCUT2D eigenvalue weighted by molar-refractivity contribution is 6.43. The zero-order valence-electron chi connectivity index (χ0n) is 20.9. The average Bonchev–Trinajstić information content (AvgIpc) is 2.68. The third-order valence-corrected chi connectivity index (χ3v) is 4.95. The number of nitro groups is 1. The fourth-order valence-corrected chi connectivity index (χ4v) is 3.27. The molecule has 0 heterocycles. The van der Waals surface area contributed by atoms with Crippen molar-refractivity contribution >= 4 is 24.9 Å². The molecule has 0 saturated heterocycles. The quantitative estimate of drug-likeness (QED) is 0.0350. The number of carbonyl (C=O) groups excluding carboxylic acids is 2. The van der Waals surface area contributed by atoms with Crippen LogP contribution in [0.15, 0.2) is 16.6 Å². The lowest BCUT2D eigenvalue weighted by Gasteiger charge is -2.24. The van der Waals surface area contributed by atoms with Gasteiger partial charge >= 0.3 is 7.12 Å². The van der Waals surface area contributed by atoms with E-state index in [0.29, 0.717) is 12.8 Å². The first-order chi connectivity index (χ1) is 15.8. The van der Waals surface area contributed by atoms with E-state index in [-0.39, 0.29) is 43.1 Å². The van der Waals surface area contributed by atoms with Crippen molar-refractivity contribution in [2.45, 2.75) is 85.1 Å². The van der Waals surface area contributed by atoms with E-state index in [2.05, 4.69) is 21.7 Å². The number of nitrogens with two attached hydrogens (primary N) is 1. The predicted octanol–water partition coefficient (Wildman–Crippen LogP) is 0.663. The molecule has 12 nitrogen and oxygen atoms in total. The number of nitrogens with one attached hydrogen (secondary N) is 3. The Morgan fingerprint density at radius 3 is 2.35 bits per heavy atom. The second kappa shape index (κ2) is 16.9. The van der Waals surface area contributed by atoms with Crippen molar-refractivity contribution in [3.63, 3.8) is 0 Å². The van der Waals surface area contributed by atoms with Crippen LogP contribution >= 0.6 is 0 Å². The van der Waals surface area contributed by atoms with E-state index in [1.165, 1.54) is 5.57 Å². The number of nitrogens with zero attached hydrogens (tertiary/aromatic N) is 2. The van der Waals surface area contributed by atoms with Crippen molar-refractivity contribution in [2.75, 3.05) is 6.54 Å². The number of amides is 2. The lowest BCUT2D eigenvalue weighted by molar-refractivity contribution is -0.525. The normalized spacial score (nSPS) is 14.1. The lowest BCUT2D eigenvalue weighted by Crippen LogP contribution is -2.54. The van der Waals surface area contributed by atoms with Gasteiger partial charge in [0, 0.05) is 13.0 Å². The highest BCUT2D eigenvalue weighted by Gasteiger charge is 2.29. The standard InChI is InChI=1S/C21H41BN6O6/c1-14(2)8-6-9-16(5)13-19(29)25-17(10-7-11-24-21(23)27-28(33)34)20(30)26-18(22(31)32)12-15(3)4/h8,15-18,31-32H,6-7,9-13H2,1-5H3,(H,25,29)(H,26,30)(H3,23,24,27)/t16-,17+,18+/m1/s1. The maximum Gasteiger partial charge on any atom is 0.475 e. The summed E-state index contributed by atoms with van der Waals surface area (Å²) in [7, 11) is -1.74. The molecule has 0 aromatic rings. The van der Waals surface area contributed by atoms with Gasteiger partial charge in [-0.15, -0.1) is 0 Å². The summed E-state index contributed by atoms with van der Waals surface area (Å²) < 4.78 is 0. The molecule has 0 aromatic carbocycles. The van der Waals surface area contributed by atoms with Crippen LogP contribution in [0, 0.1) is 22.0 Å². The smallest absolute Gasteiger partial charge is 0.426 e. The number of rotatable bonds is 16. The highest BCUT2D eigenvalue weighted by atomic mass is 16.7. The molecule has 2 amide bonds. The summed E-state index contributed by atoms with van der Waals surface area (Å²) in [5, 5.41) is 34.1. The molecule has 0 spiro atoms. The number of guanidine groups is 1. The number of hydrogen-bond donors (Lipinski definition) is 6. The number of allylic oxidation sites excluding steroid dienone is 2. The van der Waals surface area contributed by atoms with Crippen LogP contribution in [0.25, 0.3) is 0 Å². The molecule has 0 aliphatic heterocycles. The predicted molar refractivity (Wildman–Crippen MR) is 132 cm³/mol. The van der Waals surface area contributed by atoms with Gasteiger partial charge in [0.2, 0.25) is 11.8 Å². The molecular weight excluding hydrogens is 443 g/mol. The molecule has 0 rings (SSSR count). The third-order valence-electron chi connectivity index (χ3n) is 4.95. The molecule has 0 fully saturated rings. The largest absolute Gasteiger partial charge is 0.475 e. The fourth-order valence-electron chi connectivity index (χ4n) is 3.27. The van der Waals surface area contributed by atoms with Crippen LogP contribution in [-0.4, -0.2) is 58.5 Å². The minimum Gasteiger partial charge on any atom is -0.426 e. The van der Waals surface area contributed by atoms with Crippen LogP contribution in [0.2, 0.25) is 0 Å². The molecule has 0 saturated carbocycles. The molecule has 0 unspecified atom stereocenters. The van der Waals surface area contributed by atoms with Gasteiger partial charge in [0.1, 0.15) is 6.04 Å². The lowest BCUT2D eigenvalue weighted by atomic mass is 9.75. The van der Waals surface area contributed by atoms with Gasteiger partial charge in [0.25, 0.3) is 5.96 Å². The molecular formula is C21H41BN6O6. The van der Waals surface area contributed by atoms with Gasteiger partial charge in [0.15, 0.2) is 5.03 Å². The molecule has 13 heteroatoms. The minimum atomic E-state index is -1.74. The molecule has 3 atom stereocenters. The van der Waals surface area contributed by atoms with E-state index in [1.807, 2.05) is 34.6 Å². The summed E-state index contributed by atoms with van der Waals surface area (Å²) in [6.07, 6.45) is 4.90. The molecule has 34 heavy (non-hydrogen) atoms. The summed E-state index contributed by atoms with van der Waals surface area (Å²) in [4.78, 5) is 39.6. The minimum absolute atomic E-state index is 0.101. The van der Waals surface area contributed by atoms with Gasteiger partial charge < -0.3 is 26.4 Å². The molecule has 0 aliphatic carbocycles. The van der Waals surface area contributed by atoms with Crippen LogP contribution in [0.5, 0.6) is 0 Å². The van der Waals surface area contributed by atoms with E-state index in [9.17, 15) is 29.8 Å². The topological polar surface area (TPSA) is 192 Å². The second-order valence-electron chi connectivity index (χ2n) is 9.22. The first kappa shape index (κ1) is 31.3. The van der Waals surface area contributed by atoms with Gasteiger partial charge in [0.05, 0.1) is 5.94 Å². The summed E-state index contributed by atoms with van der Waals surface area (Å²) >= 11 is 0. The van der Waals surface area contributed by atoms with Gasteiger partial charge in [-0.3, -0.25) is 9.59 Å². The van der Waals surface area contributed by atoms with Crippen molar-refractivity contribution in [2.24, 2.45) is 22.6 Å². The average molecular weight is 484 g/mol. The molecule has 194 valence electrons. The van der Waals surface area contributed by atoms with Gasteiger partial charge in [-0.25, -0.2) is 15.1 Å². The fraction of sp³-hybridized carbons (Fsp3) is 0.762. The van der Waals surface area contributed by atoms with Crippen molar-refractivity contribution < 1.29 is 24.7 Å². The van der Waals surface area contributed by atoms with E-state index in [4.69, 9.17) is 5.73 Å². The van der Waals surface area contributed by atoms with Crippen LogP contribution in [0.1, 0.15) is 73.1 Å². The Morgan fingerprint density at radius 2 is 1.82 bits per heavy atom. The number of carbonyl (C=O) groups is 2. The van der Waals surface area contributed by atoms with Crippen LogP contribution < -0.4 is 21.8 Å². The molecule has 0 aliphatic rings. The molecule has 0 radical (unpaired) electrons. The highest BCUT2D eigenvalue weighted by Crippen LogP contribution is 2.13. The van der Waals surface area contributed by atoms with E-state index in [1.54, 1.807) is 5.43 Å². The van der Waals surface area contributed by atoms with Crippen LogP contribution in [0.3, 0.4) is 0 Å². The third kappa shape index (κ3) is 16.0. The zero-order valence-corrected chi connectivity index (χ0v) is 20.9. The Hall–Kier alpha value is -2.67. The van der Waals surface area contributed by atoms with E-state index >= 15 is 0 Å². The first-order valence-electron chi connectivity index (χ1n) is 11.6. The first-order valence-corrected chi connectivity index (χ1v) is 11.6. The summed E-state index contributed by atoms with van der Waals surface area (Å²) in [5.41, 5.74) is 8.32. The van der Waals surface area contributed by atoms with Crippen molar-refractivity contribution in [3.05, 3.63) is 21.8 Å². The van der Waals surface area contributed by atoms with Crippen molar-refractivity contribution in [3.8, 4) is 0 Å². The zero-order chi connectivity index (χ0) is 26.3. The Morgan fingerprint density at radius 1 is 1.18 bits per heavy atom. The van der Waals surface area contributed by atoms with Gasteiger partial charge in [-0.1, -0.05) is 37.8 Å². The number of hydrogen-bond acceptors (Lipinski definition) is 7. The second-order valence-corrected chi connectivity index (χ2v) is 9.22. The summed E-state index contributed by atoms with van der Waals surface area (Å²) in [6, 6.07) is -0.925. The monoisotopic (exact) mass is 484 g/mol. The van der Waals surface area contributed by atoms with E-state index < -0.39 is 30.0 Å². The van der Waals surface area contributed by atoms with Crippen molar-refractivity contribution in [1.29, 1.82) is 0 Å². The van der Waals surface area contributed by atoms with Crippen molar-refractivity contribution in [1.82, 2.24) is 16.1 Å². The maximum absolute atomic E-state index is 12.9. The Bertz CT molecular complexity index is 712. The Balaban J connectivity index is 5.12. The molecule has 0 aromatic heterocycles. The summed E-state index contributed by atoms with van der Waals surface area (Å²) in [6.45, 7) is 9.87. The Kier molecular flexibility index (Phi) is 15.5. The molecule has 0 bridgehead atoms. The SMILES string of the molecule is CC(C)=CCC[C@@H](C)CC(=O)N[C@@H](CCCN=C(N)N[N+](=O)[O-])C(=O)N[C@@H](CC(C)C)B(O)O. The molecule has 7 N–H and O–H groups in total. The van der Waals surface area contributed by atoms with Gasteiger partial charge in [-0.05, 0) is 57.8 Å². The van der Waals surface area contributed by atoms with E-state index in [0.717, 1.165) is 12.8 Å². The van der Waals surface area contributed by atoms with Crippen LogP contribution in [0.4, 0.5) is 0 Å². The van der Waals surface area contributed by atoms with Gasteiger partial charge in [-0.2, -0.15) is 0 Å². The summed E-state index contributed by atoms with van der Waals surface area (Å²) in [5.74, 6) is -1.84.